The molecule has 2 N–H and O–H groups in total. The van der Waals surface area contributed by atoms with Gasteiger partial charge in [-0.05, 0) is 6.92 Å². The first kappa shape index (κ1) is 15.2. The van der Waals surface area contributed by atoms with Gasteiger partial charge in [-0.15, -0.1) is 0 Å². The third kappa shape index (κ3) is 3.12. The van der Waals surface area contributed by atoms with Gasteiger partial charge in [0.1, 0.15) is 0 Å². The lowest BCUT2D eigenvalue weighted by Crippen LogP contribution is -2.33. The van der Waals surface area contributed by atoms with E-state index >= 15 is 0 Å². The number of benzene rings is 1. The van der Waals surface area contributed by atoms with Gasteiger partial charge in [0, 0.05) is 25.2 Å². The van der Waals surface area contributed by atoms with Crippen molar-refractivity contribution >= 4 is 28.9 Å². The van der Waals surface area contributed by atoms with E-state index < -0.39 is 16.6 Å². The van der Waals surface area contributed by atoms with Crippen molar-refractivity contribution in [1.82, 2.24) is 0 Å². The summed E-state index contributed by atoms with van der Waals surface area (Å²) in [5.41, 5.74) is -0.528. The van der Waals surface area contributed by atoms with E-state index in [1.165, 1.54) is 4.90 Å². The van der Waals surface area contributed by atoms with Crippen molar-refractivity contribution in [2.45, 2.75) is 13.0 Å². The summed E-state index contributed by atoms with van der Waals surface area (Å²) in [6, 6.07) is 1.66. The average Bonchev–Trinajstić information content (AvgIpc) is 2.35. The molecule has 0 aliphatic rings. The monoisotopic (exact) mass is 288 g/mol. The minimum absolute atomic E-state index is 0.0469. The van der Waals surface area contributed by atoms with Gasteiger partial charge in [-0.25, -0.2) is 4.79 Å². The van der Waals surface area contributed by atoms with Crippen LogP contribution in [0.25, 0.3) is 0 Å². The lowest BCUT2D eigenvalue weighted by atomic mass is 10.1. The van der Waals surface area contributed by atoms with E-state index in [0.717, 1.165) is 12.1 Å². The number of anilines is 1. The van der Waals surface area contributed by atoms with Crippen molar-refractivity contribution in [3.63, 3.8) is 0 Å². The highest BCUT2D eigenvalue weighted by molar-refractivity contribution is 6.34. The molecule has 0 spiro atoms. The molecular weight excluding hydrogens is 276 g/mol. The summed E-state index contributed by atoms with van der Waals surface area (Å²) in [6.45, 7) is 1.46. The molecule has 7 nitrogen and oxygen atoms in total. The van der Waals surface area contributed by atoms with Crippen molar-refractivity contribution in [3.05, 3.63) is 32.8 Å². The second kappa shape index (κ2) is 5.85. The normalized spacial score (nSPS) is 12.0. The number of rotatable bonds is 5. The summed E-state index contributed by atoms with van der Waals surface area (Å²) in [6.07, 6.45) is 0. The van der Waals surface area contributed by atoms with Crippen LogP contribution in [0.5, 0.6) is 0 Å². The summed E-state index contributed by atoms with van der Waals surface area (Å²) in [5, 5.41) is 28.9. The number of aliphatic hydroxyl groups excluding tert-OH is 1. The standard InChI is InChI=1S/C11H13ClN2O5/c1-6(5-15)13(2)10-8(11(16)17)3-7(14(18)19)4-9(10)12/h3-4,6,15H,5H2,1-2H3,(H,16,17). The highest BCUT2D eigenvalue weighted by Crippen LogP contribution is 2.34. The van der Waals surface area contributed by atoms with Crippen LogP contribution in [0.2, 0.25) is 5.02 Å². The number of nitro groups is 1. The zero-order chi connectivity index (χ0) is 14.7. The van der Waals surface area contributed by atoms with Crippen LogP contribution < -0.4 is 4.90 Å². The minimum Gasteiger partial charge on any atom is -0.478 e. The molecule has 0 radical (unpaired) electrons. The van der Waals surface area contributed by atoms with E-state index in [1.54, 1.807) is 14.0 Å². The molecule has 1 atom stereocenters. The number of non-ortho nitro benzene ring substituents is 1. The van der Waals surface area contributed by atoms with Gasteiger partial charge in [-0.2, -0.15) is 0 Å². The van der Waals surface area contributed by atoms with Gasteiger partial charge >= 0.3 is 5.97 Å². The molecule has 1 unspecified atom stereocenters. The number of carboxylic acids is 1. The number of likely N-dealkylation sites (N-methyl/N-ethyl adjacent to an activating group) is 1. The number of carbonyl (C=O) groups is 1. The Labute approximate surface area is 114 Å². The van der Waals surface area contributed by atoms with E-state index in [2.05, 4.69) is 0 Å². The second-order valence-electron chi connectivity index (χ2n) is 4.03. The van der Waals surface area contributed by atoms with Crippen molar-refractivity contribution in [2.75, 3.05) is 18.6 Å². The van der Waals surface area contributed by atoms with Gasteiger partial charge in [-0.3, -0.25) is 10.1 Å². The van der Waals surface area contributed by atoms with Gasteiger partial charge < -0.3 is 15.1 Å². The molecule has 0 aliphatic carbocycles. The fourth-order valence-electron chi connectivity index (χ4n) is 1.55. The van der Waals surface area contributed by atoms with Crippen LogP contribution in [0.15, 0.2) is 12.1 Å². The Balaban J connectivity index is 3.46. The maximum absolute atomic E-state index is 11.2. The molecule has 0 saturated heterocycles. The Hall–Kier alpha value is -1.86. The largest absolute Gasteiger partial charge is 0.478 e. The third-order valence-electron chi connectivity index (χ3n) is 2.77. The van der Waals surface area contributed by atoms with Gasteiger partial charge in [0.25, 0.3) is 5.69 Å². The minimum atomic E-state index is -1.32. The quantitative estimate of drug-likeness (QED) is 0.632. The van der Waals surface area contributed by atoms with E-state index in [9.17, 15) is 14.9 Å². The number of aromatic carboxylic acids is 1. The molecule has 0 heterocycles. The first-order valence-electron chi connectivity index (χ1n) is 5.34. The van der Waals surface area contributed by atoms with Crippen LogP contribution in [0.4, 0.5) is 11.4 Å². The molecule has 0 aromatic heterocycles. The lowest BCUT2D eigenvalue weighted by molar-refractivity contribution is -0.384. The van der Waals surface area contributed by atoms with Crippen molar-refractivity contribution in [2.24, 2.45) is 0 Å². The van der Waals surface area contributed by atoms with Gasteiger partial charge in [0.2, 0.25) is 0 Å². The highest BCUT2D eigenvalue weighted by atomic mass is 35.5. The summed E-state index contributed by atoms with van der Waals surface area (Å²) in [5.74, 6) is -1.32. The van der Waals surface area contributed by atoms with E-state index in [4.69, 9.17) is 21.8 Å². The molecular formula is C11H13ClN2O5. The molecule has 1 rings (SSSR count). The van der Waals surface area contributed by atoms with E-state index in [1.807, 2.05) is 0 Å². The fourth-order valence-corrected chi connectivity index (χ4v) is 1.90. The number of nitrogens with zero attached hydrogens (tertiary/aromatic N) is 2. The first-order chi connectivity index (χ1) is 8.79. The predicted octanol–water partition coefficient (Wildman–Crippen LogP) is 1.76. The van der Waals surface area contributed by atoms with Gasteiger partial charge in [-0.1, -0.05) is 11.6 Å². The highest BCUT2D eigenvalue weighted by Gasteiger charge is 2.24. The molecule has 1 aromatic carbocycles. The fraction of sp³-hybridized carbons (Fsp3) is 0.364. The molecule has 1 aromatic rings. The molecule has 19 heavy (non-hydrogen) atoms. The number of carboxylic acid groups (broad SMARTS) is 1. The van der Waals surface area contributed by atoms with Gasteiger partial charge in [0.05, 0.1) is 27.8 Å². The lowest BCUT2D eigenvalue weighted by Gasteiger charge is -2.27. The zero-order valence-corrected chi connectivity index (χ0v) is 11.1. The number of hydrogen-bond acceptors (Lipinski definition) is 5. The third-order valence-corrected chi connectivity index (χ3v) is 3.06. The van der Waals surface area contributed by atoms with Crippen molar-refractivity contribution < 1.29 is 19.9 Å². The Morgan fingerprint density at radius 3 is 2.58 bits per heavy atom. The molecule has 0 saturated carbocycles. The molecule has 0 fully saturated rings. The Bertz CT molecular complexity index is 520. The maximum Gasteiger partial charge on any atom is 0.338 e. The van der Waals surface area contributed by atoms with Crippen LogP contribution in [0.1, 0.15) is 17.3 Å². The zero-order valence-electron chi connectivity index (χ0n) is 10.3. The van der Waals surface area contributed by atoms with Gasteiger partial charge in [0.15, 0.2) is 0 Å². The van der Waals surface area contributed by atoms with E-state index in [-0.39, 0.29) is 28.9 Å². The molecule has 8 heteroatoms. The summed E-state index contributed by atoms with van der Waals surface area (Å²) in [4.78, 5) is 22.7. The van der Waals surface area contributed by atoms with Crippen LogP contribution >= 0.6 is 11.6 Å². The Kier molecular flexibility index (Phi) is 4.68. The van der Waals surface area contributed by atoms with Crippen molar-refractivity contribution in [3.8, 4) is 0 Å². The smallest absolute Gasteiger partial charge is 0.338 e. The SMILES string of the molecule is CC(CO)N(C)c1c(Cl)cc([N+](=O)[O-])cc1C(=O)O. The second-order valence-corrected chi connectivity index (χ2v) is 4.44. The number of hydrogen-bond donors (Lipinski definition) is 2. The summed E-state index contributed by atoms with van der Waals surface area (Å²) < 4.78 is 0. The number of halogens is 1. The Morgan fingerprint density at radius 2 is 2.16 bits per heavy atom. The van der Waals surface area contributed by atoms with Crippen LogP contribution in [-0.2, 0) is 0 Å². The summed E-state index contributed by atoms with van der Waals surface area (Å²) in [7, 11) is 1.56. The molecule has 104 valence electrons. The van der Waals surface area contributed by atoms with Crippen molar-refractivity contribution in [1.29, 1.82) is 0 Å². The number of aliphatic hydroxyl groups is 1. The first-order valence-corrected chi connectivity index (χ1v) is 5.72. The molecule has 0 bridgehead atoms. The number of nitro benzene ring substituents is 1. The van der Waals surface area contributed by atoms with Crippen LogP contribution in [-0.4, -0.2) is 40.8 Å². The van der Waals surface area contributed by atoms with Crippen LogP contribution in [0.3, 0.4) is 0 Å². The topological polar surface area (TPSA) is 104 Å². The van der Waals surface area contributed by atoms with E-state index in [0.29, 0.717) is 0 Å². The summed E-state index contributed by atoms with van der Waals surface area (Å²) >= 11 is 5.93. The predicted molar refractivity (Wildman–Crippen MR) is 70.0 cm³/mol. The van der Waals surface area contributed by atoms with Crippen LogP contribution in [0, 0.1) is 10.1 Å². The average molecular weight is 289 g/mol. The molecule has 0 amide bonds. The Morgan fingerprint density at radius 1 is 1.58 bits per heavy atom. The molecule has 0 aliphatic heterocycles. The maximum atomic E-state index is 11.2.